The highest BCUT2D eigenvalue weighted by Gasteiger charge is 2.11. The lowest BCUT2D eigenvalue weighted by atomic mass is 10.4. The first-order valence-corrected chi connectivity index (χ1v) is 4.06. The smallest absolute Gasteiger partial charge is 0.179 e. The van der Waals surface area contributed by atoms with Crippen molar-refractivity contribution in [2.45, 2.75) is 6.92 Å². The molecule has 0 saturated carbocycles. The van der Waals surface area contributed by atoms with Gasteiger partial charge in [0, 0.05) is 13.6 Å². The van der Waals surface area contributed by atoms with Crippen LogP contribution in [0.5, 0.6) is 5.75 Å². The molecule has 4 nitrogen and oxygen atoms in total. The van der Waals surface area contributed by atoms with E-state index in [1.807, 2.05) is 6.92 Å². The molecule has 0 spiro atoms. The van der Waals surface area contributed by atoms with Crippen molar-refractivity contribution in [2.24, 2.45) is 12.8 Å². The molecule has 68 valence electrons. The Kier molecular flexibility index (Phi) is 2.94. The van der Waals surface area contributed by atoms with Crippen LogP contribution in [0.25, 0.3) is 0 Å². The summed E-state index contributed by atoms with van der Waals surface area (Å²) in [7, 11) is 1.77. The normalized spacial score (nSPS) is 10.3. The number of aromatic nitrogens is 2. The van der Waals surface area contributed by atoms with E-state index < -0.39 is 0 Å². The van der Waals surface area contributed by atoms with Gasteiger partial charge in [-0.3, -0.25) is 4.68 Å². The van der Waals surface area contributed by atoms with E-state index in [0.717, 1.165) is 5.69 Å². The number of nitrogens with zero attached hydrogens (tertiary/aromatic N) is 2. The summed E-state index contributed by atoms with van der Waals surface area (Å²) in [5.41, 5.74) is 6.08. The largest absolute Gasteiger partial charge is 0.487 e. The van der Waals surface area contributed by atoms with E-state index in [1.54, 1.807) is 11.7 Å². The third-order valence-electron chi connectivity index (χ3n) is 1.46. The third-order valence-corrected chi connectivity index (χ3v) is 1.88. The number of ether oxygens (including phenoxy) is 1. The van der Waals surface area contributed by atoms with Crippen molar-refractivity contribution in [3.8, 4) is 5.75 Å². The Morgan fingerprint density at radius 2 is 2.33 bits per heavy atom. The minimum atomic E-state index is 0.465. The fourth-order valence-electron chi connectivity index (χ4n) is 0.936. The first kappa shape index (κ1) is 9.35. The first-order valence-electron chi connectivity index (χ1n) is 3.68. The third kappa shape index (κ3) is 1.70. The zero-order valence-corrected chi connectivity index (χ0v) is 7.93. The minimum Gasteiger partial charge on any atom is -0.487 e. The van der Waals surface area contributed by atoms with Gasteiger partial charge in [0.25, 0.3) is 0 Å². The fourth-order valence-corrected chi connectivity index (χ4v) is 1.16. The highest BCUT2D eigenvalue weighted by molar-refractivity contribution is 6.31. The van der Waals surface area contributed by atoms with Gasteiger partial charge < -0.3 is 10.5 Å². The molecule has 0 atom stereocenters. The van der Waals surface area contributed by atoms with Crippen molar-refractivity contribution in [1.82, 2.24) is 9.78 Å². The second-order valence-corrected chi connectivity index (χ2v) is 2.82. The maximum absolute atomic E-state index is 5.88. The molecule has 0 radical (unpaired) electrons. The van der Waals surface area contributed by atoms with Gasteiger partial charge in [0.05, 0.1) is 0 Å². The Morgan fingerprint density at radius 1 is 1.67 bits per heavy atom. The van der Waals surface area contributed by atoms with Gasteiger partial charge in [-0.25, -0.2) is 0 Å². The monoisotopic (exact) mass is 189 g/mol. The number of hydrogen-bond acceptors (Lipinski definition) is 3. The lowest BCUT2D eigenvalue weighted by Crippen LogP contribution is -2.10. The molecule has 0 aliphatic carbocycles. The summed E-state index contributed by atoms with van der Waals surface area (Å²) in [6.45, 7) is 2.79. The highest BCUT2D eigenvalue weighted by Crippen LogP contribution is 2.26. The molecule has 12 heavy (non-hydrogen) atoms. The molecule has 5 heteroatoms. The van der Waals surface area contributed by atoms with Crippen LogP contribution in [0, 0.1) is 6.92 Å². The van der Waals surface area contributed by atoms with Crippen LogP contribution in [0.3, 0.4) is 0 Å². The number of nitrogens with two attached hydrogens (primary N) is 1. The number of halogens is 1. The van der Waals surface area contributed by atoms with Gasteiger partial charge in [0.1, 0.15) is 12.3 Å². The van der Waals surface area contributed by atoms with Crippen LogP contribution in [0.1, 0.15) is 5.69 Å². The van der Waals surface area contributed by atoms with Crippen LogP contribution in [0.15, 0.2) is 0 Å². The quantitative estimate of drug-likeness (QED) is 0.763. The first-order chi connectivity index (χ1) is 5.66. The van der Waals surface area contributed by atoms with Crippen LogP contribution < -0.4 is 10.5 Å². The minimum absolute atomic E-state index is 0.465. The number of aryl methyl sites for hydroxylation is 2. The molecule has 2 N–H and O–H groups in total. The average Bonchev–Trinajstić information content (AvgIpc) is 2.25. The van der Waals surface area contributed by atoms with Crippen LogP contribution in [-0.2, 0) is 7.05 Å². The second kappa shape index (κ2) is 3.78. The van der Waals surface area contributed by atoms with Crippen LogP contribution in [0.2, 0.25) is 5.15 Å². The zero-order valence-electron chi connectivity index (χ0n) is 7.17. The van der Waals surface area contributed by atoms with Crippen molar-refractivity contribution in [3.63, 3.8) is 0 Å². The van der Waals surface area contributed by atoms with Crippen LogP contribution in [-0.4, -0.2) is 22.9 Å². The Morgan fingerprint density at radius 3 is 2.75 bits per heavy atom. The second-order valence-electron chi connectivity index (χ2n) is 2.47. The van der Waals surface area contributed by atoms with Crippen LogP contribution >= 0.6 is 11.6 Å². The highest BCUT2D eigenvalue weighted by atomic mass is 35.5. The van der Waals surface area contributed by atoms with Crippen molar-refractivity contribution < 1.29 is 4.74 Å². The summed E-state index contributed by atoms with van der Waals surface area (Å²) in [6, 6.07) is 0. The summed E-state index contributed by atoms with van der Waals surface area (Å²) < 4.78 is 6.87. The predicted octanol–water partition coefficient (Wildman–Crippen LogP) is 0.719. The van der Waals surface area contributed by atoms with E-state index in [4.69, 9.17) is 22.1 Å². The molecule has 0 aliphatic heterocycles. The van der Waals surface area contributed by atoms with Crippen LogP contribution in [0.4, 0.5) is 0 Å². The molecule has 0 saturated heterocycles. The predicted molar refractivity (Wildman–Crippen MR) is 47.5 cm³/mol. The molecule has 1 rings (SSSR count). The summed E-state index contributed by atoms with van der Waals surface area (Å²) in [6.07, 6.45) is 0. The molecular formula is C7H12ClN3O. The average molecular weight is 190 g/mol. The fraction of sp³-hybridized carbons (Fsp3) is 0.571. The van der Waals surface area contributed by atoms with Crippen molar-refractivity contribution in [1.29, 1.82) is 0 Å². The number of rotatable bonds is 3. The molecule has 0 fully saturated rings. The van der Waals surface area contributed by atoms with Gasteiger partial charge in [-0.1, -0.05) is 11.6 Å². The maximum atomic E-state index is 5.88. The summed E-state index contributed by atoms with van der Waals surface area (Å²) in [4.78, 5) is 0. The van der Waals surface area contributed by atoms with Gasteiger partial charge in [0.2, 0.25) is 0 Å². The standard InChI is InChI=1S/C7H12ClN3O/c1-5-6(12-4-3-9)7(8)11(2)10-5/h3-4,9H2,1-2H3. The van der Waals surface area contributed by atoms with Crippen molar-refractivity contribution in [3.05, 3.63) is 10.8 Å². The molecule has 0 bridgehead atoms. The molecule has 0 amide bonds. The van der Waals surface area contributed by atoms with E-state index in [-0.39, 0.29) is 0 Å². The Hall–Kier alpha value is -0.740. The Labute approximate surface area is 76.3 Å². The molecule has 1 aromatic heterocycles. The molecular weight excluding hydrogens is 178 g/mol. The zero-order chi connectivity index (χ0) is 9.14. The summed E-state index contributed by atoms with van der Waals surface area (Å²) >= 11 is 5.88. The number of hydrogen-bond donors (Lipinski definition) is 1. The van der Waals surface area contributed by atoms with E-state index in [1.165, 1.54) is 0 Å². The maximum Gasteiger partial charge on any atom is 0.179 e. The van der Waals surface area contributed by atoms with Gasteiger partial charge in [0.15, 0.2) is 10.9 Å². The molecule has 0 aliphatic rings. The van der Waals surface area contributed by atoms with Gasteiger partial charge in [-0.05, 0) is 6.92 Å². The van der Waals surface area contributed by atoms with Crippen molar-refractivity contribution in [2.75, 3.05) is 13.2 Å². The lowest BCUT2D eigenvalue weighted by Gasteiger charge is -2.02. The lowest BCUT2D eigenvalue weighted by molar-refractivity contribution is 0.326. The molecule has 1 heterocycles. The van der Waals surface area contributed by atoms with Gasteiger partial charge >= 0.3 is 0 Å². The van der Waals surface area contributed by atoms with E-state index in [9.17, 15) is 0 Å². The Bertz CT molecular complexity index is 272. The van der Waals surface area contributed by atoms with E-state index >= 15 is 0 Å². The molecule has 0 aromatic carbocycles. The van der Waals surface area contributed by atoms with Gasteiger partial charge in [-0.15, -0.1) is 0 Å². The summed E-state index contributed by atoms with van der Waals surface area (Å²) in [5, 5.41) is 4.60. The molecule has 0 unspecified atom stereocenters. The SMILES string of the molecule is Cc1nn(C)c(Cl)c1OCCN. The Balaban J connectivity index is 2.82. The summed E-state index contributed by atoms with van der Waals surface area (Å²) in [5.74, 6) is 0.629. The topological polar surface area (TPSA) is 53.1 Å². The van der Waals surface area contributed by atoms with E-state index in [2.05, 4.69) is 5.10 Å². The van der Waals surface area contributed by atoms with E-state index in [0.29, 0.717) is 24.1 Å². The molecule has 1 aromatic rings. The van der Waals surface area contributed by atoms with Crippen molar-refractivity contribution >= 4 is 11.6 Å². The van der Waals surface area contributed by atoms with Gasteiger partial charge in [-0.2, -0.15) is 5.10 Å².